The van der Waals surface area contributed by atoms with Crippen LogP contribution in [0.25, 0.3) is 10.9 Å². The van der Waals surface area contributed by atoms with E-state index < -0.39 is 18.2 Å². The Balaban J connectivity index is 1.28. The van der Waals surface area contributed by atoms with Crippen molar-refractivity contribution in [2.45, 2.75) is 25.9 Å². The number of hydrogen-bond donors (Lipinski definition) is 1. The average Bonchev–Trinajstić information content (AvgIpc) is 3.26. The van der Waals surface area contributed by atoms with E-state index >= 15 is 0 Å². The molecule has 0 aliphatic carbocycles. The van der Waals surface area contributed by atoms with Crippen molar-refractivity contribution < 1.29 is 27.8 Å². The highest BCUT2D eigenvalue weighted by molar-refractivity contribution is 6.04. The van der Waals surface area contributed by atoms with Gasteiger partial charge in [0.2, 0.25) is 5.91 Å². The third-order valence-corrected chi connectivity index (χ3v) is 6.23. The number of nitrogens with two attached hydrogens (primary N) is 1. The molecule has 9 nitrogen and oxygen atoms in total. The van der Waals surface area contributed by atoms with E-state index in [1.807, 2.05) is 17.0 Å². The Morgan fingerprint density at radius 3 is 2.59 bits per heavy atom. The number of carbonyl (C=O) groups excluding carboxylic acids is 2. The van der Waals surface area contributed by atoms with Crippen molar-refractivity contribution in [2.75, 3.05) is 31.1 Å². The summed E-state index contributed by atoms with van der Waals surface area (Å²) < 4.78 is 37.5. The van der Waals surface area contributed by atoms with Crippen LogP contribution >= 0.6 is 0 Å². The molecule has 2 aliphatic rings. The van der Waals surface area contributed by atoms with Crippen LogP contribution in [0, 0.1) is 0 Å². The van der Waals surface area contributed by atoms with Crippen LogP contribution in [0.1, 0.15) is 28.9 Å². The number of hydrogen-bond acceptors (Lipinski definition) is 6. The maximum absolute atomic E-state index is 13.4. The Hall–Kier alpha value is -3.73. The van der Waals surface area contributed by atoms with E-state index in [2.05, 4.69) is 14.6 Å². The number of nitrogens with zero attached hydrogens (tertiary/aromatic N) is 4. The molecular formula is C23H23F2N5O4. The van der Waals surface area contributed by atoms with E-state index in [-0.39, 0.29) is 18.3 Å². The van der Waals surface area contributed by atoms with E-state index in [0.717, 1.165) is 11.1 Å². The lowest BCUT2D eigenvalue weighted by Crippen LogP contribution is -2.50. The minimum atomic E-state index is -3.64. The van der Waals surface area contributed by atoms with Gasteiger partial charge in [-0.2, -0.15) is 5.10 Å². The number of halogens is 2. The van der Waals surface area contributed by atoms with Gasteiger partial charge in [-0.1, -0.05) is 18.2 Å². The molecule has 3 aromatic rings. The van der Waals surface area contributed by atoms with Gasteiger partial charge < -0.3 is 20.3 Å². The summed E-state index contributed by atoms with van der Waals surface area (Å²) in [6, 6.07) is 9.55. The molecule has 0 spiro atoms. The van der Waals surface area contributed by atoms with Crippen LogP contribution in [0.3, 0.4) is 0 Å². The largest absolute Gasteiger partial charge is 0.535 e. The van der Waals surface area contributed by atoms with Crippen molar-refractivity contribution in [3.8, 4) is 5.75 Å². The highest BCUT2D eigenvalue weighted by atomic mass is 19.3. The molecule has 1 fully saturated rings. The smallest absolute Gasteiger partial charge is 0.409 e. The zero-order chi connectivity index (χ0) is 24.0. The predicted molar refractivity (Wildman–Crippen MR) is 119 cm³/mol. The molecule has 11 heteroatoms. The van der Waals surface area contributed by atoms with Gasteiger partial charge in [0.15, 0.2) is 0 Å². The summed E-state index contributed by atoms with van der Waals surface area (Å²) in [5, 5.41) is 5.17. The van der Waals surface area contributed by atoms with Gasteiger partial charge >= 0.3 is 6.29 Å². The van der Waals surface area contributed by atoms with E-state index in [0.29, 0.717) is 42.8 Å². The topological polar surface area (TPSA) is 103 Å². The van der Waals surface area contributed by atoms with E-state index in [1.165, 1.54) is 6.07 Å². The Bertz CT molecular complexity index is 1270. The molecule has 178 valence electrons. The zero-order valence-corrected chi connectivity index (χ0v) is 18.4. The number of anilines is 1. The summed E-state index contributed by atoms with van der Waals surface area (Å²) in [7, 11) is 0. The number of fused-ring (bicyclic) bond motifs is 2. The lowest BCUT2D eigenvalue weighted by atomic mass is 10.1. The maximum atomic E-state index is 13.4. The molecule has 2 aromatic carbocycles. The molecule has 0 saturated carbocycles. The number of rotatable bonds is 4. The monoisotopic (exact) mass is 471 g/mol. The fourth-order valence-corrected chi connectivity index (χ4v) is 4.41. The summed E-state index contributed by atoms with van der Waals surface area (Å²) in [6.45, 7) is 3.47. The number of aromatic nitrogens is 2. The van der Waals surface area contributed by atoms with Crippen molar-refractivity contribution in [2.24, 2.45) is 5.73 Å². The minimum absolute atomic E-state index is 0.0990. The second kappa shape index (κ2) is 8.24. The van der Waals surface area contributed by atoms with Crippen LogP contribution in [0.2, 0.25) is 0 Å². The van der Waals surface area contributed by atoms with Gasteiger partial charge in [-0.25, -0.2) is 0 Å². The number of ether oxygens (including phenoxy) is 2. The van der Waals surface area contributed by atoms with E-state index in [9.17, 15) is 18.4 Å². The number of amides is 2. The molecule has 0 radical (unpaired) electrons. The fraction of sp³-hybridized carbons (Fsp3) is 0.348. The number of alkyl halides is 2. The first-order valence-corrected chi connectivity index (χ1v) is 10.9. The van der Waals surface area contributed by atoms with Crippen molar-refractivity contribution in [1.82, 2.24) is 14.7 Å². The number of piperazine rings is 1. The predicted octanol–water partition coefficient (Wildman–Crippen LogP) is 2.50. The molecule has 0 bridgehead atoms. The van der Waals surface area contributed by atoms with Crippen molar-refractivity contribution >= 4 is 28.4 Å². The molecule has 2 amide bonds. The van der Waals surface area contributed by atoms with Crippen LogP contribution in [0.4, 0.5) is 14.5 Å². The molecule has 1 saturated heterocycles. The molecular weight excluding hydrogens is 448 g/mol. The second-order valence-corrected chi connectivity index (χ2v) is 8.31. The Labute approximate surface area is 193 Å². The van der Waals surface area contributed by atoms with Gasteiger partial charge in [0.1, 0.15) is 17.3 Å². The van der Waals surface area contributed by atoms with Crippen LogP contribution in [-0.4, -0.2) is 59.0 Å². The molecule has 3 heterocycles. The normalized spacial score (nSPS) is 18.3. The molecule has 1 unspecified atom stereocenters. The summed E-state index contributed by atoms with van der Waals surface area (Å²) in [4.78, 5) is 28.6. The SMILES string of the molecule is CC(C(=O)N1CCN(c2cccc3c2COC(F)(F)O3)CC1)n1cc2cccc(C(N)=O)c2n1. The molecule has 1 atom stereocenters. The molecule has 2 N–H and O–H groups in total. The van der Waals surface area contributed by atoms with Crippen molar-refractivity contribution in [1.29, 1.82) is 0 Å². The average molecular weight is 471 g/mol. The van der Waals surface area contributed by atoms with E-state index in [4.69, 9.17) is 5.73 Å². The van der Waals surface area contributed by atoms with Crippen molar-refractivity contribution in [3.05, 3.63) is 53.7 Å². The minimum Gasteiger partial charge on any atom is -0.409 e. The van der Waals surface area contributed by atoms with Crippen LogP contribution in [0.15, 0.2) is 42.6 Å². The first kappa shape index (κ1) is 22.1. The van der Waals surface area contributed by atoms with Gasteiger partial charge in [-0.05, 0) is 25.1 Å². The highest BCUT2D eigenvalue weighted by Crippen LogP contribution is 2.38. The lowest BCUT2D eigenvalue weighted by molar-refractivity contribution is -0.367. The van der Waals surface area contributed by atoms with Gasteiger partial charge in [0, 0.05) is 49.0 Å². The molecule has 5 rings (SSSR count). The standard InChI is InChI=1S/C23H23F2N5O4/c1-14(30-12-15-4-2-5-16(21(26)31)20(15)27-30)22(32)29-10-8-28(9-11-29)18-6-3-7-19-17(18)13-33-23(24,25)34-19/h2-7,12,14H,8-11,13H2,1H3,(H2,26,31). The lowest BCUT2D eigenvalue weighted by Gasteiger charge is -2.38. The Morgan fingerprint density at radius 2 is 1.85 bits per heavy atom. The quantitative estimate of drug-likeness (QED) is 0.627. The number of primary amides is 1. The van der Waals surface area contributed by atoms with Crippen LogP contribution < -0.4 is 15.4 Å². The summed E-state index contributed by atoms with van der Waals surface area (Å²) >= 11 is 0. The zero-order valence-electron chi connectivity index (χ0n) is 18.4. The van der Waals surface area contributed by atoms with Gasteiger partial charge in [-0.3, -0.25) is 19.0 Å². The molecule has 2 aliphatic heterocycles. The Morgan fingerprint density at radius 1 is 1.12 bits per heavy atom. The summed E-state index contributed by atoms with van der Waals surface area (Å²) in [6.07, 6.45) is -1.91. The second-order valence-electron chi connectivity index (χ2n) is 8.31. The van der Waals surface area contributed by atoms with Gasteiger partial charge in [0.25, 0.3) is 5.91 Å². The molecule has 1 aromatic heterocycles. The summed E-state index contributed by atoms with van der Waals surface area (Å²) in [5.74, 6) is -0.579. The van der Waals surface area contributed by atoms with E-state index in [1.54, 1.807) is 40.9 Å². The highest BCUT2D eigenvalue weighted by Gasteiger charge is 2.40. The van der Waals surface area contributed by atoms with Gasteiger partial charge in [-0.15, -0.1) is 8.78 Å². The third-order valence-electron chi connectivity index (χ3n) is 6.23. The van der Waals surface area contributed by atoms with Gasteiger partial charge in [0.05, 0.1) is 12.2 Å². The Kier molecular flexibility index (Phi) is 5.35. The first-order chi connectivity index (χ1) is 16.2. The summed E-state index contributed by atoms with van der Waals surface area (Å²) in [5.41, 5.74) is 7.53. The van der Waals surface area contributed by atoms with Crippen LogP contribution in [0.5, 0.6) is 5.75 Å². The fourth-order valence-electron chi connectivity index (χ4n) is 4.41. The number of benzene rings is 2. The van der Waals surface area contributed by atoms with Crippen LogP contribution in [-0.2, 0) is 16.1 Å². The first-order valence-electron chi connectivity index (χ1n) is 10.9. The third kappa shape index (κ3) is 3.92. The van der Waals surface area contributed by atoms with Crippen molar-refractivity contribution in [3.63, 3.8) is 0 Å². The maximum Gasteiger partial charge on any atom is 0.535 e. The molecule has 34 heavy (non-hydrogen) atoms. The number of carbonyl (C=O) groups is 2.